The van der Waals surface area contributed by atoms with Gasteiger partial charge in [0.25, 0.3) is 0 Å². The molecule has 33 heavy (non-hydrogen) atoms. The second-order valence-electron chi connectivity index (χ2n) is 7.51. The normalized spacial score (nSPS) is 10.0. The van der Waals surface area contributed by atoms with Crippen molar-refractivity contribution in [3.8, 4) is 23.7 Å². The van der Waals surface area contributed by atoms with Crippen molar-refractivity contribution in [1.82, 2.24) is 4.98 Å². The summed E-state index contributed by atoms with van der Waals surface area (Å²) in [6, 6.07) is 27.1. The van der Waals surface area contributed by atoms with Crippen molar-refractivity contribution in [1.29, 1.82) is 0 Å². The highest BCUT2D eigenvalue weighted by Gasteiger charge is 1.98. The molecule has 1 nitrogen and oxygen atoms in total. The summed E-state index contributed by atoms with van der Waals surface area (Å²) < 4.78 is 1.21. The molecule has 0 bridgehead atoms. The molecule has 4 rings (SSSR count). The molecule has 0 N–H and O–H groups in total. The molecular formula is C30H22INS. The van der Waals surface area contributed by atoms with Crippen molar-refractivity contribution < 1.29 is 0 Å². The Hall–Kier alpha value is -2.99. The van der Waals surface area contributed by atoms with E-state index in [0.29, 0.717) is 0 Å². The molecule has 0 spiro atoms. The van der Waals surface area contributed by atoms with Crippen molar-refractivity contribution in [3.63, 3.8) is 0 Å². The third kappa shape index (κ3) is 7.26. The van der Waals surface area contributed by atoms with Crippen LogP contribution in [0, 0.1) is 34.2 Å². The zero-order valence-electron chi connectivity index (χ0n) is 18.3. The van der Waals surface area contributed by atoms with Gasteiger partial charge in [0.1, 0.15) is 0 Å². The number of benzene rings is 3. The minimum atomic E-state index is 1.00. The first kappa shape index (κ1) is 23.2. The largest absolute Gasteiger partial charge is 0.265 e. The van der Waals surface area contributed by atoms with Crippen molar-refractivity contribution in [3.05, 3.63) is 128 Å². The van der Waals surface area contributed by atoms with E-state index in [2.05, 4.69) is 131 Å². The van der Waals surface area contributed by atoms with E-state index >= 15 is 0 Å². The molecule has 3 heteroatoms. The highest BCUT2D eigenvalue weighted by atomic mass is 127. The minimum absolute atomic E-state index is 1.00. The first-order chi connectivity index (χ1) is 16.2. The molecule has 0 aliphatic rings. The lowest BCUT2D eigenvalue weighted by atomic mass is 10.0. The molecule has 0 radical (unpaired) electrons. The monoisotopic (exact) mass is 555 g/mol. The molecule has 1 heterocycles. The fourth-order valence-corrected chi connectivity index (χ4v) is 4.43. The molecule has 3 aromatic carbocycles. The molecule has 0 aliphatic carbocycles. The van der Waals surface area contributed by atoms with E-state index in [1.54, 1.807) is 0 Å². The fourth-order valence-electron chi connectivity index (χ4n) is 3.17. The number of aryl methyl sites for hydroxylation is 2. The van der Waals surface area contributed by atoms with E-state index in [9.17, 15) is 0 Å². The topological polar surface area (TPSA) is 12.9 Å². The zero-order valence-corrected chi connectivity index (χ0v) is 21.3. The number of nitrogens with zero attached hydrogens (tertiary/aromatic N) is 1. The van der Waals surface area contributed by atoms with Gasteiger partial charge in [0.2, 0.25) is 0 Å². The highest BCUT2D eigenvalue weighted by molar-refractivity contribution is 14.1. The van der Waals surface area contributed by atoms with Crippen LogP contribution in [0.2, 0.25) is 0 Å². The summed E-state index contributed by atoms with van der Waals surface area (Å²) in [5, 5.41) is 0. The number of hydrogen-bond acceptors (Lipinski definition) is 2. The van der Waals surface area contributed by atoms with Crippen molar-refractivity contribution >= 4 is 34.4 Å². The quantitative estimate of drug-likeness (QED) is 0.151. The molecule has 160 valence electrons. The van der Waals surface area contributed by atoms with Gasteiger partial charge in [-0.15, -0.1) is 11.8 Å². The molecular weight excluding hydrogens is 533 g/mol. The van der Waals surface area contributed by atoms with Gasteiger partial charge in [-0.1, -0.05) is 23.7 Å². The third-order valence-corrected chi connectivity index (χ3v) is 6.76. The smallest absolute Gasteiger partial charge is 0.0279 e. The van der Waals surface area contributed by atoms with Gasteiger partial charge < -0.3 is 0 Å². The fraction of sp³-hybridized carbons (Fsp3) is 0.100. The van der Waals surface area contributed by atoms with E-state index in [0.717, 1.165) is 40.0 Å². The van der Waals surface area contributed by atoms with Crippen LogP contribution in [-0.4, -0.2) is 10.7 Å². The Labute approximate surface area is 214 Å². The predicted octanol–water partition coefficient (Wildman–Crippen LogP) is 7.13. The summed E-state index contributed by atoms with van der Waals surface area (Å²) in [5.74, 6) is 14.1. The Kier molecular flexibility index (Phi) is 8.25. The Balaban J connectivity index is 1.35. The third-order valence-electron chi connectivity index (χ3n) is 5.03. The van der Waals surface area contributed by atoms with Gasteiger partial charge in [-0.05, 0) is 126 Å². The molecule has 0 aliphatic heterocycles. The molecule has 4 aromatic rings. The Morgan fingerprint density at radius 1 is 0.727 bits per heavy atom. The van der Waals surface area contributed by atoms with Crippen LogP contribution < -0.4 is 0 Å². The first-order valence-corrected chi connectivity index (χ1v) is 12.7. The Bertz CT molecular complexity index is 1340. The first-order valence-electron chi connectivity index (χ1n) is 10.7. The van der Waals surface area contributed by atoms with Crippen LogP contribution in [0.5, 0.6) is 0 Å². The van der Waals surface area contributed by atoms with Crippen molar-refractivity contribution in [2.24, 2.45) is 0 Å². The molecule has 0 saturated carbocycles. The Morgan fingerprint density at radius 3 is 2.03 bits per heavy atom. The van der Waals surface area contributed by atoms with Crippen LogP contribution in [0.4, 0.5) is 0 Å². The van der Waals surface area contributed by atoms with Gasteiger partial charge in [0.15, 0.2) is 0 Å². The van der Waals surface area contributed by atoms with Crippen molar-refractivity contribution in [2.75, 3.05) is 5.75 Å². The lowest BCUT2D eigenvalue weighted by Crippen LogP contribution is -1.88. The van der Waals surface area contributed by atoms with Gasteiger partial charge in [-0.2, -0.15) is 0 Å². The number of rotatable bonds is 4. The van der Waals surface area contributed by atoms with E-state index in [4.69, 9.17) is 0 Å². The number of pyridine rings is 1. The maximum absolute atomic E-state index is 4.07. The van der Waals surface area contributed by atoms with Crippen molar-refractivity contribution in [2.45, 2.75) is 18.2 Å². The van der Waals surface area contributed by atoms with E-state index in [1.807, 2.05) is 30.2 Å². The predicted molar refractivity (Wildman–Crippen MR) is 147 cm³/mol. The number of hydrogen-bond donors (Lipinski definition) is 0. The maximum atomic E-state index is 4.07. The van der Waals surface area contributed by atoms with E-state index in [1.165, 1.54) is 14.0 Å². The summed E-state index contributed by atoms with van der Waals surface area (Å²) in [6.07, 6.45) is 4.74. The lowest BCUT2D eigenvalue weighted by molar-refractivity contribution is 1.13. The molecule has 0 saturated heterocycles. The standard InChI is InChI=1S/C30H22INS/c1-23-22-27(5-11-28(23)10-4-25-6-12-29(31)13-7-25)3-2-24-8-14-30(15-9-24)33-21-18-26-16-19-32-20-17-26/h5-9,11-17,19-20,22H,18,21H2,1H3. The maximum Gasteiger partial charge on any atom is 0.0279 e. The zero-order chi connectivity index (χ0) is 22.9. The summed E-state index contributed by atoms with van der Waals surface area (Å²) >= 11 is 4.17. The number of aromatic nitrogens is 1. The van der Waals surface area contributed by atoms with E-state index in [-0.39, 0.29) is 0 Å². The van der Waals surface area contributed by atoms with Crippen LogP contribution in [0.15, 0.2) is 96.2 Å². The minimum Gasteiger partial charge on any atom is -0.265 e. The molecule has 1 aromatic heterocycles. The number of halogens is 1. The SMILES string of the molecule is Cc1cc(C#Cc2ccc(SCCc3ccncc3)cc2)ccc1C#Cc1ccc(I)cc1. The van der Waals surface area contributed by atoms with Crippen LogP contribution in [0.3, 0.4) is 0 Å². The van der Waals surface area contributed by atoms with Crippen LogP contribution in [0.1, 0.15) is 33.4 Å². The van der Waals surface area contributed by atoms with Gasteiger partial charge in [0, 0.05) is 48.9 Å². The highest BCUT2D eigenvalue weighted by Crippen LogP contribution is 2.19. The molecule has 0 amide bonds. The lowest BCUT2D eigenvalue weighted by Gasteiger charge is -2.02. The molecule has 0 fully saturated rings. The summed E-state index contributed by atoms with van der Waals surface area (Å²) in [6.45, 7) is 2.08. The van der Waals surface area contributed by atoms with E-state index < -0.39 is 0 Å². The van der Waals surface area contributed by atoms with Gasteiger partial charge in [0.05, 0.1) is 0 Å². The van der Waals surface area contributed by atoms with Crippen LogP contribution >= 0.6 is 34.4 Å². The summed E-state index contributed by atoms with van der Waals surface area (Å²) in [5.41, 5.74) is 6.55. The van der Waals surface area contributed by atoms with Crippen LogP contribution in [-0.2, 0) is 6.42 Å². The summed E-state index contributed by atoms with van der Waals surface area (Å²) in [4.78, 5) is 5.33. The average Bonchev–Trinajstić information content (AvgIpc) is 2.85. The molecule has 0 unspecified atom stereocenters. The Morgan fingerprint density at radius 2 is 1.33 bits per heavy atom. The van der Waals surface area contributed by atoms with Gasteiger partial charge >= 0.3 is 0 Å². The van der Waals surface area contributed by atoms with Gasteiger partial charge in [-0.3, -0.25) is 4.98 Å². The van der Waals surface area contributed by atoms with Gasteiger partial charge in [-0.25, -0.2) is 0 Å². The average molecular weight is 555 g/mol. The second-order valence-corrected chi connectivity index (χ2v) is 9.93. The number of thioether (sulfide) groups is 1. The molecule has 0 atom stereocenters. The summed E-state index contributed by atoms with van der Waals surface area (Å²) in [7, 11) is 0. The van der Waals surface area contributed by atoms with Crippen LogP contribution in [0.25, 0.3) is 0 Å². The second kappa shape index (κ2) is 11.8.